The number of phenols is 1. The number of nitrogens with zero attached hydrogens (tertiary/aromatic N) is 2. The molecule has 2 N–H and O–H groups in total. The maximum absolute atomic E-state index is 14.3. The molecule has 8 heteroatoms. The third-order valence-electron chi connectivity index (χ3n) is 4.31. The number of benzene rings is 2. The van der Waals surface area contributed by atoms with E-state index in [0.717, 1.165) is 11.1 Å². The maximum atomic E-state index is 14.3. The summed E-state index contributed by atoms with van der Waals surface area (Å²) >= 11 is 1.41. The SMILES string of the molecule is COc1ccc(C2SCC(=O)Nc3c2cnn3-c2ccccc2F)cc1O. The first-order valence-electron chi connectivity index (χ1n) is 8.19. The second-order valence-corrected chi connectivity index (χ2v) is 7.08. The molecule has 1 atom stereocenters. The van der Waals surface area contributed by atoms with Crippen molar-refractivity contribution in [2.24, 2.45) is 0 Å². The lowest BCUT2D eigenvalue weighted by molar-refractivity contribution is -0.113. The van der Waals surface area contributed by atoms with E-state index in [1.54, 1.807) is 36.5 Å². The number of methoxy groups -OCH3 is 1. The van der Waals surface area contributed by atoms with Crippen LogP contribution in [0, 0.1) is 5.82 Å². The minimum atomic E-state index is -0.437. The zero-order valence-corrected chi connectivity index (χ0v) is 15.2. The second-order valence-electron chi connectivity index (χ2n) is 5.98. The third-order valence-corrected chi connectivity index (χ3v) is 5.59. The molecule has 138 valence electrons. The molecule has 0 saturated carbocycles. The third kappa shape index (κ3) is 3.12. The first-order valence-corrected chi connectivity index (χ1v) is 9.24. The van der Waals surface area contributed by atoms with Crippen LogP contribution < -0.4 is 10.1 Å². The molecule has 1 aliphatic heterocycles. The lowest BCUT2D eigenvalue weighted by atomic mass is 10.1. The molecular formula is C19H16FN3O3S. The number of thioether (sulfide) groups is 1. The second kappa shape index (κ2) is 6.96. The largest absolute Gasteiger partial charge is 0.504 e. The Morgan fingerprint density at radius 3 is 2.89 bits per heavy atom. The number of carbonyl (C=O) groups is 1. The van der Waals surface area contributed by atoms with Crippen molar-refractivity contribution in [3.63, 3.8) is 0 Å². The van der Waals surface area contributed by atoms with Crippen LogP contribution in [0.15, 0.2) is 48.7 Å². The molecule has 1 unspecified atom stereocenters. The summed E-state index contributed by atoms with van der Waals surface area (Å²) in [5.41, 5.74) is 1.78. The summed E-state index contributed by atoms with van der Waals surface area (Å²) in [4.78, 5) is 12.2. The molecule has 1 aliphatic rings. The van der Waals surface area contributed by atoms with Crippen molar-refractivity contribution in [1.82, 2.24) is 9.78 Å². The van der Waals surface area contributed by atoms with Gasteiger partial charge in [-0.2, -0.15) is 5.10 Å². The molecule has 3 aromatic rings. The van der Waals surface area contributed by atoms with E-state index in [-0.39, 0.29) is 28.3 Å². The van der Waals surface area contributed by atoms with Gasteiger partial charge in [0.1, 0.15) is 17.3 Å². The lowest BCUT2D eigenvalue weighted by Crippen LogP contribution is -2.16. The number of para-hydroxylation sites is 1. The van der Waals surface area contributed by atoms with Crippen molar-refractivity contribution < 1.29 is 19.0 Å². The number of halogens is 1. The van der Waals surface area contributed by atoms with E-state index in [2.05, 4.69) is 10.4 Å². The van der Waals surface area contributed by atoms with Crippen LogP contribution in [-0.4, -0.2) is 33.7 Å². The highest BCUT2D eigenvalue weighted by atomic mass is 32.2. The Balaban J connectivity index is 1.83. The average molecular weight is 385 g/mol. The molecule has 27 heavy (non-hydrogen) atoms. The van der Waals surface area contributed by atoms with Crippen LogP contribution in [0.25, 0.3) is 5.69 Å². The first-order chi connectivity index (χ1) is 13.1. The summed E-state index contributed by atoms with van der Waals surface area (Å²) in [6, 6.07) is 11.4. The molecule has 0 fully saturated rings. The number of aromatic nitrogens is 2. The fourth-order valence-electron chi connectivity index (χ4n) is 3.05. The standard InChI is InChI=1S/C19H16FN3O3S/c1-26-16-7-6-11(8-15(16)24)18-12-9-21-23(14-5-3-2-4-13(14)20)19(12)22-17(25)10-27-18/h2-9,18,24H,10H2,1H3,(H,22,25). The highest BCUT2D eigenvalue weighted by molar-refractivity contribution is 8.00. The van der Waals surface area contributed by atoms with Crippen LogP contribution >= 0.6 is 11.8 Å². The Hall–Kier alpha value is -3.00. The summed E-state index contributed by atoms with van der Waals surface area (Å²) < 4.78 is 20.7. The van der Waals surface area contributed by atoms with Gasteiger partial charge in [-0.15, -0.1) is 11.8 Å². The maximum Gasteiger partial charge on any atom is 0.235 e. The number of hydrogen-bond donors (Lipinski definition) is 2. The predicted molar refractivity (Wildman–Crippen MR) is 101 cm³/mol. The molecule has 6 nitrogen and oxygen atoms in total. The van der Waals surface area contributed by atoms with Crippen LogP contribution in [0.5, 0.6) is 11.5 Å². The van der Waals surface area contributed by atoms with Gasteiger partial charge < -0.3 is 15.2 Å². The molecule has 0 radical (unpaired) electrons. The van der Waals surface area contributed by atoms with Gasteiger partial charge in [0.05, 0.1) is 24.3 Å². The molecule has 2 heterocycles. The summed E-state index contributed by atoms with van der Waals surface area (Å²) in [6.45, 7) is 0. The molecule has 1 amide bonds. The number of amides is 1. The minimum Gasteiger partial charge on any atom is -0.504 e. The Bertz CT molecular complexity index is 1020. The van der Waals surface area contributed by atoms with Crippen LogP contribution in [0.2, 0.25) is 0 Å². The molecule has 2 aromatic carbocycles. The van der Waals surface area contributed by atoms with Crippen molar-refractivity contribution in [3.05, 3.63) is 65.6 Å². The number of fused-ring (bicyclic) bond motifs is 1. The molecule has 1 aromatic heterocycles. The highest BCUT2D eigenvalue weighted by Gasteiger charge is 2.29. The normalized spacial score (nSPS) is 16.4. The van der Waals surface area contributed by atoms with Gasteiger partial charge in [0, 0.05) is 5.56 Å². The number of anilines is 1. The Morgan fingerprint density at radius 2 is 2.15 bits per heavy atom. The monoisotopic (exact) mass is 385 g/mol. The van der Waals surface area contributed by atoms with Gasteiger partial charge in [-0.25, -0.2) is 9.07 Å². The van der Waals surface area contributed by atoms with E-state index in [1.165, 1.54) is 29.6 Å². The van der Waals surface area contributed by atoms with Gasteiger partial charge >= 0.3 is 0 Å². The van der Waals surface area contributed by atoms with E-state index in [9.17, 15) is 14.3 Å². The van der Waals surface area contributed by atoms with E-state index in [1.807, 2.05) is 6.07 Å². The Labute approximate surface area is 159 Å². The molecule has 0 aliphatic carbocycles. The van der Waals surface area contributed by atoms with Crippen molar-refractivity contribution in [3.8, 4) is 17.2 Å². The smallest absolute Gasteiger partial charge is 0.235 e. The number of nitrogens with one attached hydrogen (secondary N) is 1. The van der Waals surface area contributed by atoms with Crippen molar-refractivity contribution in [2.75, 3.05) is 18.2 Å². The van der Waals surface area contributed by atoms with Crippen LogP contribution in [0.3, 0.4) is 0 Å². The lowest BCUT2D eigenvalue weighted by Gasteiger charge is -2.15. The van der Waals surface area contributed by atoms with E-state index in [0.29, 0.717) is 11.6 Å². The van der Waals surface area contributed by atoms with Crippen molar-refractivity contribution >= 4 is 23.5 Å². The van der Waals surface area contributed by atoms with Crippen LogP contribution in [-0.2, 0) is 4.79 Å². The van der Waals surface area contributed by atoms with E-state index < -0.39 is 5.82 Å². The minimum absolute atomic E-state index is 0.0159. The van der Waals surface area contributed by atoms with Gasteiger partial charge in [0.25, 0.3) is 0 Å². The summed E-state index contributed by atoms with van der Waals surface area (Å²) in [7, 11) is 1.48. The topological polar surface area (TPSA) is 76.4 Å². The fourth-order valence-corrected chi connectivity index (χ4v) is 4.13. The summed E-state index contributed by atoms with van der Waals surface area (Å²) in [5, 5.41) is 17.0. The average Bonchev–Trinajstić information content (AvgIpc) is 2.97. The van der Waals surface area contributed by atoms with Gasteiger partial charge in [0.2, 0.25) is 5.91 Å². The number of ether oxygens (including phenoxy) is 1. The number of phenolic OH excluding ortho intramolecular Hbond substituents is 1. The Morgan fingerprint density at radius 1 is 1.33 bits per heavy atom. The van der Waals surface area contributed by atoms with Crippen LogP contribution in [0.4, 0.5) is 10.2 Å². The zero-order chi connectivity index (χ0) is 19.0. The number of hydrogen-bond acceptors (Lipinski definition) is 5. The molecule has 4 rings (SSSR count). The fraction of sp³-hybridized carbons (Fsp3) is 0.158. The van der Waals surface area contributed by atoms with Gasteiger partial charge in [0.15, 0.2) is 11.5 Å². The number of carbonyl (C=O) groups excluding carboxylic acids is 1. The van der Waals surface area contributed by atoms with Gasteiger partial charge in [-0.3, -0.25) is 4.79 Å². The molecular weight excluding hydrogens is 369 g/mol. The van der Waals surface area contributed by atoms with Crippen LogP contribution in [0.1, 0.15) is 16.4 Å². The number of rotatable bonds is 3. The molecule has 0 bridgehead atoms. The first kappa shape index (κ1) is 17.4. The zero-order valence-electron chi connectivity index (χ0n) is 14.3. The van der Waals surface area contributed by atoms with E-state index >= 15 is 0 Å². The Kier molecular flexibility index (Phi) is 4.49. The molecule has 0 saturated heterocycles. The predicted octanol–water partition coefficient (Wildman–Crippen LogP) is 3.50. The van der Waals surface area contributed by atoms with Crippen molar-refractivity contribution in [2.45, 2.75) is 5.25 Å². The number of aromatic hydroxyl groups is 1. The summed E-state index contributed by atoms with van der Waals surface area (Å²) in [5.74, 6) is 0.405. The van der Waals surface area contributed by atoms with Gasteiger partial charge in [-0.1, -0.05) is 18.2 Å². The van der Waals surface area contributed by atoms with E-state index in [4.69, 9.17) is 4.74 Å². The quantitative estimate of drug-likeness (QED) is 0.722. The summed E-state index contributed by atoms with van der Waals surface area (Å²) in [6.07, 6.45) is 1.62. The van der Waals surface area contributed by atoms with Crippen molar-refractivity contribution in [1.29, 1.82) is 0 Å². The molecule has 0 spiro atoms. The van der Waals surface area contributed by atoms with Gasteiger partial charge in [-0.05, 0) is 29.8 Å². The highest BCUT2D eigenvalue weighted by Crippen LogP contribution is 2.44.